The van der Waals surface area contributed by atoms with Gasteiger partial charge in [-0.1, -0.05) is 255 Å². The van der Waals surface area contributed by atoms with Gasteiger partial charge in [0.1, 0.15) is 26.2 Å². The minimum atomic E-state index is -0.713. The fourth-order valence-corrected chi connectivity index (χ4v) is 14.2. The molecule has 10 aromatic carbocycles. The summed E-state index contributed by atoms with van der Waals surface area (Å²) in [6, 6.07) is 101. The number of carbonyl (C=O) groups excluding carboxylic acids is 3. The molecule has 0 aliphatic rings. The van der Waals surface area contributed by atoms with E-state index in [0.717, 1.165) is 77.0 Å². The summed E-state index contributed by atoms with van der Waals surface area (Å²) < 4.78 is 5.92. The Bertz CT molecular complexity index is 5860. The molecule has 0 spiro atoms. The molecule has 0 aliphatic carbocycles. The van der Waals surface area contributed by atoms with E-state index in [4.69, 9.17) is 12.2 Å². The molecule has 0 saturated carbocycles. The molecule has 18 aromatic rings. The van der Waals surface area contributed by atoms with Crippen LogP contribution in [0.2, 0.25) is 0 Å². The molecule has 19 heteroatoms. The molecule has 3 N–H and O–H groups in total. The molecule has 15 nitrogen and oxygen atoms in total. The van der Waals surface area contributed by atoms with Gasteiger partial charge >= 0.3 is 23.1 Å². The zero-order chi connectivity index (χ0) is 75.2. The summed E-state index contributed by atoms with van der Waals surface area (Å²) in [6.07, 6.45) is 21.3. The zero-order valence-electron chi connectivity index (χ0n) is 60.3. The summed E-state index contributed by atoms with van der Waals surface area (Å²) in [5, 5.41) is 3.78. The average Bonchev–Trinajstić information content (AvgIpc) is 1.73. The van der Waals surface area contributed by atoms with Crippen molar-refractivity contribution in [2.45, 2.75) is 24.4 Å². The van der Waals surface area contributed by atoms with Crippen LogP contribution in [0.5, 0.6) is 0 Å². The molecular formula is C92H72BrIMgN12O3S. The van der Waals surface area contributed by atoms with Gasteiger partial charge in [-0.15, -0.1) is 0 Å². The number of halogens is 2. The number of nitrogens with zero attached hydrogens (tertiary/aromatic N) is 9. The number of rotatable bonds is 15. The first-order valence-corrected chi connectivity index (χ1v) is 36.6. The van der Waals surface area contributed by atoms with Crippen LogP contribution in [0, 0.1) is 15.4 Å². The number of H-pyrrole nitrogens is 3. The topological polar surface area (TPSA) is 199 Å². The number of benzene rings is 10. The normalized spacial score (nSPS) is 10.7. The summed E-state index contributed by atoms with van der Waals surface area (Å²) in [7, 11) is 0. The van der Waals surface area contributed by atoms with E-state index in [-0.39, 0.29) is 51.6 Å². The Morgan fingerprint density at radius 2 is 0.829 bits per heavy atom. The fraction of sp³-hybridized carbons (Fsp3) is 0.0435. The maximum absolute atomic E-state index is 13.7. The summed E-state index contributed by atoms with van der Waals surface area (Å²) in [5.74, 6) is -0.198. The Hall–Kier alpha value is -12.1. The number of aldehydes is 1. The number of pyridine rings is 4. The Balaban J connectivity index is 0.000000143. The predicted molar refractivity (Wildman–Crippen MR) is 450 cm³/mol. The number of aromatic nitrogens is 12. The van der Waals surface area contributed by atoms with Gasteiger partial charge in [-0.3, -0.25) is 34.3 Å². The number of hydrogen-bond donors (Lipinski definition) is 3. The average molecular weight is 1660 g/mol. The largest absolute Gasteiger partial charge is 2.00 e. The van der Waals surface area contributed by atoms with Crippen molar-refractivity contribution < 1.29 is 31.4 Å². The first kappa shape index (κ1) is 79.9. The number of fused-ring (bicyclic) bond motifs is 4. The molecule has 8 aromatic heterocycles. The van der Waals surface area contributed by atoms with Crippen molar-refractivity contribution >= 4 is 119 Å². The van der Waals surface area contributed by atoms with Crippen molar-refractivity contribution in [1.82, 2.24) is 59.0 Å². The van der Waals surface area contributed by atoms with Crippen molar-refractivity contribution in [2.24, 2.45) is 0 Å². The summed E-state index contributed by atoms with van der Waals surface area (Å²) in [5.41, 5.74) is 14.3. The summed E-state index contributed by atoms with van der Waals surface area (Å²) in [6.45, 7) is 5.00. The van der Waals surface area contributed by atoms with Gasteiger partial charge in [-0.05, 0) is 122 Å². The van der Waals surface area contributed by atoms with E-state index in [9.17, 15) is 14.4 Å². The molecule has 0 amide bonds. The van der Waals surface area contributed by atoms with Crippen molar-refractivity contribution in [1.29, 1.82) is 0 Å². The van der Waals surface area contributed by atoms with Crippen LogP contribution >= 0.6 is 34.8 Å². The van der Waals surface area contributed by atoms with E-state index < -0.39 is 11.1 Å². The van der Waals surface area contributed by atoms with Gasteiger partial charge in [-0.2, -0.15) is 6.92 Å². The number of carbonyl (C=O) groups is 3. The van der Waals surface area contributed by atoms with E-state index in [1.54, 1.807) is 44.0 Å². The molecule has 0 unspecified atom stereocenters. The van der Waals surface area contributed by atoms with Gasteiger partial charge in [0.25, 0.3) is 0 Å². The van der Waals surface area contributed by atoms with Crippen molar-refractivity contribution in [3.05, 3.63) is 460 Å². The second-order valence-corrected chi connectivity index (χ2v) is 26.2. The van der Waals surface area contributed by atoms with Crippen LogP contribution in [0.25, 0.3) is 43.6 Å². The Morgan fingerprint density at radius 3 is 1.23 bits per heavy atom. The molecule has 540 valence electrons. The molecule has 0 radical (unpaired) electrons. The van der Waals surface area contributed by atoms with Gasteiger partial charge < -0.3 is 48.0 Å². The molecule has 0 atom stereocenters. The molecule has 111 heavy (non-hydrogen) atoms. The third-order valence-corrected chi connectivity index (χ3v) is 19.2. The quantitative estimate of drug-likeness (QED) is 0.0168. The van der Waals surface area contributed by atoms with Gasteiger partial charge in [0.15, 0.2) is 11.1 Å². The third kappa shape index (κ3) is 18.0. The Morgan fingerprint density at radius 1 is 0.441 bits per heavy atom. The first-order valence-electron chi connectivity index (χ1n) is 35.1. The van der Waals surface area contributed by atoms with E-state index in [2.05, 4.69) is 234 Å². The fourth-order valence-electron chi connectivity index (χ4n) is 13.6. The van der Waals surface area contributed by atoms with Crippen LogP contribution in [-0.4, -0.2) is 99.9 Å². The zero-order valence-corrected chi connectivity index (χ0v) is 66.3. The summed E-state index contributed by atoms with van der Waals surface area (Å²) in [4.78, 5) is 75.6. The maximum atomic E-state index is 13.7. The van der Waals surface area contributed by atoms with Crippen LogP contribution in [0.15, 0.2) is 372 Å². The van der Waals surface area contributed by atoms with Crippen molar-refractivity contribution in [3.63, 3.8) is 0 Å². The third-order valence-electron chi connectivity index (χ3n) is 18.4. The summed E-state index contributed by atoms with van der Waals surface area (Å²) >= 11 is 7.29. The monoisotopic (exact) mass is 1650 g/mol. The van der Waals surface area contributed by atoms with Crippen LogP contribution in [0.3, 0.4) is 0 Å². The Kier molecular flexibility index (Phi) is 27.9. The minimum absolute atomic E-state index is 0. The molecule has 0 bridgehead atoms. The SMILES string of the molecule is Ic1cn(C(c2ccccc2)(c2ccccc2)c2ccccc2)cn1.O=C(c1cn(C(c2ccccc2)(c2ccccc2)c2ccccc2)cn1)c1cccc2ncccc12.O=C(c1cnc[nH]1)c1cccc2ncccc12.O=Cc1cccc2ncccc12.S=c1[nH]cc(Cc2cccc3ncccc23)[nH]1.[Br-].[CH2-]C.[Mg+2]. The molecular weight excluding hydrogens is 1580 g/mol. The van der Waals surface area contributed by atoms with E-state index in [1.165, 1.54) is 40.2 Å². The number of ketones is 2. The maximum Gasteiger partial charge on any atom is 2.00 e. The number of nitrogens with one attached hydrogen (secondary N) is 3. The molecule has 0 aliphatic heterocycles. The van der Waals surface area contributed by atoms with Crippen molar-refractivity contribution in [3.8, 4) is 0 Å². The van der Waals surface area contributed by atoms with Gasteiger partial charge in [-0.25, -0.2) is 15.0 Å². The molecule has 0 saturated heterocycles. The van der Waals surface area contributed by atoms with Gasteiger partial charge in [0.05, 0.1) is 47.2 Å². The van der Waals surface area contributed by atoms with Crippen LogP contribution < -0.4 is 17.0 Å². The van der Waals surface area contributed by atoms with E-state index >= 15 is 0 Å². The second-order valence-electron chi connectivity index (χ2n) is 24.7. The van der Waals surface area contributed by atoms with Crippen molar-refractivity contribution in [2.75, 3.05) is 0 Å². The predicted octanol–water partition coefficient (Wildman–Crippen LogP) is 16.7. The van der Waals surface area contributed by atoms with Gasteiger partial charge in [0, 0.05) is 93.7 Å². The van der Waals surface area contributed by atoms with Gasteiger partial charge in [0.2, 0.25) is 11.6 Å². The van der Waals surface area contributed by atoms with E-state index in [0.29, 0.717) is 32.8 Å². The minimum Gasteiger partial charge on any atom is -1.00 e. The number of aromatic amines is 3. The van der Waals surface area contributed by atoms with Crippen LogP contribution in [0.1, 0.15) is 94.0 Å². The standard InChI is InChI=1S/C32H23N3O.C22H17IN2.C13H9N3O.C13H11N3S.C10H7NO.C2H5.BrH.Mg/c36-31(28-18-10-20-29-27(28)19-11-21-33-29)30-22-35(23-34-30)32(24-12-4-1-5-13-24,25-14-6-2-7-15-25)26-16-8-3-9-17-26;23-21-16-25(17-24-21)22(18-10-4-1-5-11-18,19-12-6-2-7-13-19)20-14-8-3-9-15-20;17-13(12-7-14-8-16-12)10-3-1-5-11-9(10)4-2-6-15-11;17-13-15-8-10(16-13)7-9-3-1-5-12-11(9)4-2-6-14-12;12-7-8-3-1-5-10-9(8)4-2-6-11-10;1-2;;/h1-23H;1-17H;1-8H,(H,14,16);1-6,8H,7H2,(H2,15,16,17);1-7H;1H2,2H3;1H;/q;;;;;-1;;+2/p-1. The molecule has 8 heterocycles. The first-order chi connectivity index (χ1) is 53.7. The second kappa shape index (κ2) is 38.8. The van der Waals surface area contributed by atoms with Crippen LogP contribution in [0.4, 0.5) is 0 Å². The van der Waals surface area contributed by atoms with Crippen LogP contribution in [-0.2, 0) is 17.5 Å². The Labute approximate surface area is 688 Å². The number of imidazole rings is 4. The molecule has 0 fully saturated rings. The number of hydrogen-bond acceptors (Lipinski definition) is 11. The smallest absolute Gasteiger partial charge is 1.00 e. The van der Waals surface area contributed by atoms with E-state index in [1.807, 2.05) is 177 Å². The molecule has 18 rings (SSSR count).